The quantitative estimate of drug-likeness (QED) is 0.290. The Hall–Kier alpha value is -2.48. The van der Waals surface area contributed by atoms with E-state index in [1.54, 1.807) is 0 Å². The van der Waals surface area contributed by atoms with E-state index in [1.807, 2.05) is 24.8 Å². The Balaban J connectivity index is 1.61. The number of aromatic amines is 1. The molecule has 2 aromatic heterocycles. The molecule has 0 aliphatic heterocycles. The second-order valence-corrected chi connectivity index (χ2v) is 9.13. The number of aromatic nitrogens is 4. The van der Waals surface area contributed by atoms with Gasteiger partial charge < -0.3 is 19.8 Å². The number of H-pyrrole nitrogens is 1. The summed E-state index contributed by atoms with van der Waals surface area (Å²) in [4.78, 5) is 17.3. The highest BCUT2D eigenvalue weighted by Crippen LogP contribution is 2.17. The number of rotatable bonds is 17. The highest BCUT2D eigenvalue weighted by atomic mass is 15.2. The topological polar surface area (TPSA) is 65.0 Å². The molecule has 1 aromatic carbocycles. The van der Waals surface area contributed by atoms with Crippen molar-refractivity contribution in [3.8, 4) is 0 Å². The molecule has 0 bridgehead atoms. The maximum atomic E-state index is 4.56. The lowest BCUT2D eigenvalue weighted by atomic mass is 10.1. The molecular formula is C27H43N7. The van der Waals surface area contributed by atoms with E-state index in [-0.39, 0.29) is 6.04 Å². The van der Waals surface area contributed by atoms with Crippen LogP contribution in [0.5, 0.6) is 0 Å². The molecule has 0 spiro atoms. The zero-order valence-corrected chi connectivity index (χ0v) is 21.3. The summed E-state index contributed by atoms with van der Waals surface area (Å²) in [7, 11) is 2.06. The van der Waals surface area contributed by atoms with Gasteiger partial charge in [0.15, 0.2) is 0 Å². The zero-order chi connectivity index (χ0) is 24.0. The van der Waals surface area contributed by atoms with Gasteiger partial charge in [0.2, 0.25) is 0 Å². The highest BCUT2D eigenvalue weighted by molar-refractivity contribution is 5.19. The molecule has 2 N–H and O–H groups in total. The van der Waals surface area contributed by atoms with Gasteiger partial charge in [-0.05, 0) is 57.4 Å². The van der Waals surface area contributed by atoms with Gasteiger partial charge in [-0.2, -0.15) is 0 Å². The van der Waals surface area contributed by atoms with Crippen molar-refractivity contribution in [3.05, 3.63) is 72.3 Å². The van der Waals surface area contributed by atoms with Crippen LogP contribution in [0.15, 0.2) is 55.1 Å². The Morgan fingerprint density at radius 3 is 2.38 bits per heavy atom. The first-order valence-corrected chi connectivity index (χ1v) is 12.9. The number of hydrogen-bond donors (Lipinski definition) is 2. The summed E-state index contributed by atoms with van der Waals surface area (Å²) in [5, 5.41) is 3.86. The van der Waals surface area contributed by atoms with Crippen molar-refractivity contribution in [1.82, 2.24) is 34.6 Å². The van der Waals surface area contributed by atoms with Gasteiger partial charge in [-0.1, -0.05) is 44.2 Å². The number of benzene rings is 1. The monoisotopic (exact) mass is 465 g/mol. The number of nitrogens with zero attached hydrogens (tertiary/aromatic N) is 5. The maximum Gasteiger partial charge on any atom is 0.122 e. The maximum absolute atomic E-state index is 4.56. The van der Waals surface area contributed by atoms with Gasteiger partial charge >= 0.3 is 0 Å². The van der Waals surface area contributed by atoms with Crippen LogP contribution in [-0.4, -0.2) is 62.0 Å². The Labute approximate surface area is 205 Å². The van der Waals surface area contributed by atoms with Crippen molar-refractivity contribution in [2.24, 2.45) is 7.05 Å². The van der Waals surface area contributed by atoms with Crippen molar-refractivity contribution >= 4 is 0 Å². The van der Waals surface area contributed by atoms with Crippen molar-refractivity contribution in [2.75, 3.05) is 32.7 Å². The fourth-order valence-corrected chi connectivity index (χ4v) is 4.47. The van der Waals surface area contributed by atoms with Crippen LogP contribution >= 0.6 is 0 Å². The molecule has 1 atom stereocenters. The van der Waals surface area contributed by atoms with E-state index in [0.717, 1.165) is 37.8 Å². The van der Waals surface area contributed by atoms with Crippen molar-refractivity contribution in [2.45, 2.75) is 58.7 Å². The summed E-state index contributed by atoms with van der Waals surface area (Å²) in [6.07, 6.45) is 12.5. The lowest BCUT2D eigenvalue weighted by Crippen LogP contribution is -2.36. The smallest absolute Gasteiger partial charge is 0.122 e. The van der Waals surface area contributed by atoms with Crippen molar-refractivity contribution < 1.29 is 0 Å². The van der Waals surface area contributed by atoms with Crippen molar-refractivity contribution in [3.63, 3.8) is 0 Å². The van der Waals surface area contributed by atoms with E-state index >= 15 is 0 Å². The fourth-order valence-electron chi connectivity index (χ4n) is 4.47. The summed E-state index contributed by atoms with van der Waals surface area (Å²) in [6, 6.07) is 11.1. The minimum Gasteiger partial charge on any atom is -0.348 e. The van der Waals surface area contributed by atoms with E-state index in [1.165, 1.54) is 50.9 Å². The average Bonchev–Trinajstić information content (AvgIpc) is 3.50. The summed E-state index contributed by atoms with van der Waals surface area (Å²) >= 11 is 0. The number of unbranched alkanes of at least 4 members (excludes halogenated alkanes) is 1. The van der Waals surface area contributed by atoms with Gasteiger partial charge in [0.25, 0.3) is 0 Å². The first-order chi connectivity index (χ1) is 16.7. The van der Waals surface area contributed by atoms with Gasteiger partial charge in [-0.15, -0.1) is 0 Å². The molecule has 7 heteroatoms. The van der Waals surface area contributed by atoms with Gasteiger partial charge in [-0.3, -0.25) is 4.90 Å². The van der Waals surface area contributed by atoms with Gasteiger partial charge in [0.1, 0.15) is 11.6 Å². The summed E-state index contributed by atoms with van der Waals surface area (Å²) in [5.74, 6) is 2.04. The van der Waals surface area contributed by atoms with E-state index in [0.29, 0.717) is 0 Å². The highest BCUT2D eigenvalue weighted by Gasteiger charge is 2.18. The number of nitrogens with one attached hydrogen (secondary N) is 2. The minimum absolute atomic E-state index is 0.249. The van der Waals surface area contributed by atoms with Gasteiger partial charge in [0, 0.05) is 44.4 Å². The van der Waals surface area contributed by atoms with Crippen LogP contribution in [-0.2, 0) is 20.1 Å². The van der Waals surface area contributed by atoms with Gasteiger partial charge in [0.05, 0.1) is 13.1 Å². The summed E-state index contributed by atoms with van der Waals surface area (Å²) < 4.78 is 2.10. The molecule has 0 saturated heterocycles. The van der Waals surface area contributed by atoms with E-state index in [9.17, 15) is 0 Å². The molecule has 0 saturated carbocycles. The average molecular weight is 466 g/mol. The van der Waals surface area contributed by atoms with Crippen LogP contribution in [0.2, 0.25) is 0 Å². The molecule has 1 unspecified atom stereocenters. The van der Waals surface area contributed by atoms with Crippen LogP contribution in [0, 0.1) is 0 Å². The van der Waals surface area contributed by atoms with E-state index < -0.39 is 0 Å². The minimum atomic E-state index is 0.249. The van der Waals surface area contributed by atoms with Crippen LogP contribution in [0.25, 0.3) is 0 Å². The summed E-state index contributed by atoms with van der Waals surface area (Å²) in [6.45, 7) is 11.6. The second-order valence-electron chi connectivity index (χ2n) is 9.13. The normalized spacial score (nSPS) is 12.6. The molecule has 0 fully saturated rings. The molecule has 3 aromatic rings. The van der Waals surface area contributed by atoms with E-state index in [2.05, 4.69) is 85.9 Å². The molecule has 2 heterocycles. The van der Waals surface area contributed by atoms with Crippen LogP contribution in [0.1, 0.15) is 62.8 Å². The van der Waals surface area contributed by atoms with Crippen molar-refractivity contribution in [1.29, 1.82) is 0 Å². The molecule has 0 aliphatic carbocycles. The second kappa shape index (κ2) is 14.7. The number of hydrogen-bond acceptors (Lipinski definition) is 5. The molecule has 7 nitrogen and oxygen atoms in total. The molecule has 3 rings (SSSR count). The van der Waals surface area contributed by atoms with E-state index in [4.69, 9.17) is 0 Å². The first-order valence-electron chi connectivity index (χ1n) is 12.9. The fraction of sp³-hybridized carbons (Fsp3) is 0.556. The number of aryl methyl sites for hydroxylation is 1. The zero-order valence-electron chi connectivity index (χ0n) is 21.3. The Morgan fingerprint density at radius 2 is 1.74 bits per heavy atom. The van der Waals surface area contributed by atoms with Gasteiger partial charge in [-0.25, -0.2) is 9.97 Å². The Kier molecular flexibility index (Phi) is 11.3. The third-order valence-corrected chi connectivity index (χ3v) is 6.23. The first kappa shape index (κ1) is 26.1. The molecule has 186 valence electrons. The number of imidazole rings is 2. The molecular weight excluding hydrogens is 422 g/mol. The molecule has 0 radical (unpaired) electrons. The molecule has 34 heavy (non-hydrogen) atoms. The molecule has 0 amide bonds. The third-order valence-electron chi connectivity index (χ3n) is 6.23. The van der Waals surface area contributed by atoms with Crippen LogP contribution in [0.3, 0.4) is 0 Å². The predicted molar refractivity (Wildman–Crippen MR) is 139 cm³/mol. The van der Waals surface area contributed by atoms with Crippen LogP contribution < -0.4 is 5.32 Å². The predicted octanol–water partition coefficient (Wildman–Crippen LogP) is 4.38. The molecule has 0 aliphatic rings. The SMILES string of the molecule is CCCN(CCC)CCCCNC(CN(Cc1ncc[nH]1)Cc1nccn1C)c1ccccc1. The lowest BCUT2D eigenvalue weighted by molar-refractivity contribution is 0.213. The third kappa shape index (κ3) is 8.70. The standard InChI is InChI=1S/C27H43N7/c1-4-17-33(18-5-2)19-10-9-13-28-25(24-11-7-6-8-12-24)21-34(22-26-29-14-15-30-26)23-27-31-16-20-32(27)3/h6-8,11-12,14-16,20,25,28H,4-5,9-10,13,17-19,21-23H2,1-3H3,(H,29,30). The van der Waals surface area contributed by atoms with Crippen LogP contribution in [0.4, 0.5) is 0 Å². The summed E-state index contributed by atoms with van der Waals surface area (Å²) in [5.41, 5.74) is 1.32. The lowest BCUT2D eigenvalue weighted by Gasteiger charge is -2.28. The Bertz CT molecular complexity index is 885. The Morgan fingerprint density at radius 1 is 0.941 bits per heavy atom. The largest absolute Gasteiger partial charge is 0.348 e.